The van der Waals surface area contributed by atoms with Crippen LogP contribution in [0.5, 0.6) is 0 Å². The van der Waals surface area contributed by atoms with Gasteiger partial charge in [0.1, 0.15) is 18.4 Å². The van der Waals surface area contributed by atoms with Gasteiger partial charge in [0, 0.05) is 4.47 Å². The summed E-state index contributed by atoms with van der Waals surface area (Å²) in [5, 5.41) is 12.4. The predicted molar refractivity (Wildman–Crippen MR) is 78.2 cm³/mol. The van der Waals surface area contributed by atoms with E-state index in [2.05, 4.69) is 21.2 Å². The van der Waals surface area contributed by atoms with Crippen LogP contribution in [-0.4, -0.2) is 29.5 Å². The number of hydrogen-bond acceptors (Lipinski definition) is 3. The maximum absolute atomic E-state index is 13.0. The molecule has 1 rings (SSSR count). The van der Waals surface area contributed by atoms with Crippen LogP contribution in [-0.2, 0) is 4.74 Å². The van der Waals surface area contributed by atoms with Crippen molar-refractivity contribution in [3.05, 3.63) is 34.3 Å². The molecule has 0 spiro atoms. The van der Waals surface area contributed by atoms with Crippen LogP contribution in [0, 0.1) is 0 Å². The van der Waals surface area contributed by atoms with Gasteiger partial charge in [-0.2, -0.15) is 0 Å². The van der Waals surface area contributed by atoms with Crippen LogP contribution in [0.3, 0.4) is 0 Å². The Hall–Kier alpha value is -1.14. The lowest BCUT2D eigenvalue weighted by Gasteiger charge is -2.25. The number of alkyl halides is 1. The van der Waals surface area contributed by atoms with Crippen molar-refractivity contribution in [3.8, 4) is 0 Å². The van der Waals surface area contributed by atoms with Crippen LogP contribution < -0.4 is 5.32 Å². The molecule has 6 heteroatoms. The summed E-state index contributed by atoms with van der Waals surface area (Å²) in [4.78, 5) is 11.6. The summed E-state index contributed by atoms with van der Waals surface area (Å²) in [5.74, 6) is 0. The van der Waals surface area contributed by atoms with Gasteiger partial charge in [-0.15, -0.1) is 0 Å². The molecule has 0 fully saturated rings. The van der Waals surface area contributed by atoms with Gasteiger partial charge in [0.2, 0.25) is 0 Å². The minimum absolute atomic E-state index is 0.520. The molecule has 0 aromatic heterocycles. The summed E-state index contributed by atoms with van der Waals surface area (Å²) >= 11 is 3.28. The lowest BCUT2D eigenvalue weighted by Crippen LogP contribution is -2.43. The van der Waals surface area contributed by atoms with Gasteiger partial charge in [-0.25, -0.2) is 9.18 Å². The number of benzene rings is 1. The molecule has 0 aliphatic carbocycles. The molecule has 2 atom stereocenters. The minimum Gasteiger partial charge on any atom is -0.444 e. The molecule has 0 saturated carbocycles. The van der Waals surface area contributed by atoms with Gasteiger partial charge in [-0.3, -0.25) is 0 Å². The van der Waals surface area contributed by atoms with Crippen molar-refractivity contribution >= 4 is 22.0 Å². The van der Waals surface area contributed by atoms with Crippen molar-refractivity contribution in [2.45, 2.75) is 38.5 Å². The molecule has 4 nitrogen and oxygen atoms in total. The van der Waals surface area contributed by atoms with Crippen molar-refractivity contribution in [1.82, 2.24) is 5.32 Å². The molecule has 0 aliphatic heterocycles. The third-order valence-electron chi connectivity index (χ3n) is 2.46. The SMILES string of the molecule is CC(C)(C)OC(=O)N[C@H](CF)[C@H](O)c1ccc(Br)cc1. The zero-order chi connectivity index (χ0) is 15.3. The number of halogens is 2. The Kier molecular flexibility index (Phi) is 5.95. The number of carbonyl (C=O) groups is 1. The molecule has 0 heterocycles. The van der Waals surface area contributed by atoms with E-state index in [9.17, 15) is 14.3 Å². The molecule has 1 aromatic carbocycles. The fraction of sp³-hybridized carbons (Fsp3) is 0.500. The summed E-state index contributed by atoms with van der Waals surface area (Å²) in [6, 6.07) is 5.75. The monoisotopic (exact) mass is 347 g/mol. The standard InChI is InChI=1S/C14H19BrFNO3/c1-14(2,3)20-13(19)17-11(8-16)12(18)9-4-6-10(15)7-5-9/h4-7,11-12,18H,8H2,1-3H3,(H,17,19)/t11-,12-/m1/s1. The van der Waals surface area contributed by atoms with E-state index in [1.165, 1.54) is 0 Å². The second kappa shape index (κ2) is 7.04. The normalized spacial score (nSPS) is 14.5. The smallest absolute Gasteiger partial charge is 0.408 e. The third-order valence-corrected chi connectivity index (χ3v) is 2.99. The Morgan fingerprint density at radius 2 is 1.95 bits per heavy atom. The molecule has 0 radical (unpaired) electrons. The Morgan fingerprint density at radius 3 is 2.40 bits per heavy atom. The summed E-state index contributed by atoms with van der Waals surface area (Å²) in [6.07, 6.45) is -1.89. The largest absolute Gasteiger partial charge is 0.444 e. The van der Waals surface area contributed by atoms with Crippen molar-refractivity contribution in [2.75, 3.05) is 6.67 Å². The molecular weight excluding hydrogens is 329 g/mol. The molecule has 2 N–H and O–H groups in total. The van der Waals surface area contributed by atoms with E-state index in [1.807, 2.05) is 0 Å². The van der Waals surface area contributed by atoms with Crippen molar-refractivity contribution in [3.63, 3.8) is 0 Å². The van der Waals surface area contributed by atoms with Gasteiger partial charge in [-0.1, -0.05) is 28.1 Å². The first kappa shape index (κ1) is 16.9. The average Bonchev–Trinajstić information content (AvgIpc) is 2.34. The van der Waals surface area contributed by atoms with Crippen LogP contribution >= 0.6 is 15.9 Å². The number of aliphatic hydroxyl groups is 1. The van der Waals surface area contributed by atoms with Gasteiger partial charge in [0.25, 0.3) is 0 Å². The Balaban J connectivity index is 2.70. The van der Waals surface area contributed by atoms with Crippen LogP contribution in [0.25, 0.3) is 0 Å². The number of carbonyl (C=O) groups excluding carboxylic acids is 1. The van der Waals surface area contributed by atoms with E-state index in [4.69, 9.17) is 4.74 Å². The van der Waals surface area contributed by atoms with E-state index < -0.39 is 30.5 Å². The molecule has 20 heavy (non-hydrogen) atoms. The summed E-state index contributed by atoms with van der Waals surface area (Å²) in [6.45, 7) is 4.24. The summed E-state index contributed by atoms with van der Waals surface area (Å²) < 4.78 is 18.9. The van der Waals surface area contributed by atoms with Gasteiger partial charge >= 0.3 is 6.09 Å². The first-order valence-electron chi connectivity index (χ1n) is 6.22. The predicted octanol–water partition coefficient (Wildman–Crippen LogP) is 3.35. The quantitative estimate of drug-likeness (QED) is 0.877. The number of amides is 1. The number of aliphatic hydroxyl groups excluding tert-OH is 1. The number of hydrogen-bond donors (Lipinski definition) is 2. The zero-order valence-corrected chi connectivity index (χ0v) is 13.3. The highest BCUT2D eigenvalue weighted by atomic mass is 79.9. The summed E-state index contributed by atoms with van der Waals surface area (Å²) in [7, 11) is 0. The van der Waals surface area contributed by atoms with E-state index in [-0.39, 0.29) is 0 Å². The number of nitrogens with one attached hydrogen (secondary N) is 1. The molecule has 0 saturated heterocycles. The van der Waals surface area contributed by atoms with Gasteiger partial charge < -0.3 is 15.2 Å². The van der Waals surface area contributed by atoms with Crippen LogP contribution in [0.1, 0.15) is 32.4 Å². The number of alkyl carbamates (subject to hydrolysis) is 1. The fourth-order valence-corrected chi connectivity index (χ4v) is 1.82. The maximum Gasteiger partial charge on any atom is 0.408 e. The van der Waals surface area contributed by atoms with Gasteiger partial charge in [-0.05, 0) is 38.5 Å². The number of ether oxygens (including phenoxy) is 1. The first-order chi connectivity index (χ1) is 9.23. The van der Waals surface area contributed by atoms with Crippen molar-refractivity contribution in [1.29, 1.82) is 0 Å². The summed E-state index contributed by atoms with van der Waals surface area (Å²) in [5.41, 5.74) is -0.153. The van der Waals surface area contributed by atoms with Crippen LogP contribution in [0.4, 0.5) is 9.18 Å². The van der Waals surface area contributed by atoms with Crippen molar-refractivity contribution < 1.29 is 19.0 Å². The highest BCUT2D eigenvalue weighted by molar-refractivity contribution is 9.10. The Labute approximate surface area is 126 Å². The third kappa shape index (κ3) is 5.46. The number of rotatable bonds is 4. The fourth-order valence-electron chi connectivity index (χ4n) is 1.55. The van der Waals surface area contributed by atoms with Crippen molar-refractivity contribution in [2.24, 2.45) is 0 Å². The van der Waals surface area contributed by atoms with Crippen LogP contribution in [0.15, 0.2) is 28.7 Å². The lowest BCUT2D eigenvalue weighted by molar-refractivity contribution is 0.0396. The second-order valence-corrected chi connectivity index (χ2v) is 6.32. The van der Waals surface area contributed by atoms with Gasteiger partial charge in [0.15, 0.2) is 0 Å². The molecular formula is C14H19BrFNO3. The van der Waals surface area contributed by atoms with E-state index in [0.717, 1.165) is 4.47 Å². The highest BCUT2D eigenvalue weighted by Crippen LogP contribution is 2.20. The Bertz CT molecular complexity index is 445. The maximum atomic E-state index is 13.0. The minimum atomic E-state index is -1.14. The Morgan fingerprint density at radius 1 is 1.40 bits per heavy atom. The van der Waals surface area contributed by atoms with E-state index in [1.54, 1.807) is 45.0 Å². The molecule has 1 amide bonds. The van der Waals surface area contributed by atoms with Crippen LogP contribution in [0.2, 0.25) is 0 Å². The molecule has 1 aromatic rings. The average molecular weight is 348 g/mol. The van der Waals surface area contributed by atoms with E-state index in [0.29, 0.717) is 5.56 Å². The lowest BCUT2D eigenvalue weighted by atomic mass is 10.0. The molecule has 112 valence electrons. The molecule has 0 unspecified atom stereocenters. The van der Waals surface area contributed by atoms with Gasteiger partial charge in [0.05, 0.1) is 6.04 Å². The second-order valence-electron chi connectivity index (χ2n) is 5.40. The highest BCUT2D eigenvalue weighted by Gasteiger charge is 2.25. The molecule has 0 bridgehead atoms. The zero-order valence-electron chi connectivity index (χ0n) is 11.7. The topological polar surface area (TPSA) is 58.6 Å². The van der Waals surface area contributed by atoms with E-state index >= 15 is 0 Å². The molecule has 0 aliphatic rings. The first-order valence-corrected chi connectivity index (χ1v) is 7.01.